The van der Waals surface area contributed by atoms with E-state index >= 15 is 0 Å². The summed E-state index contributed by atoms with van der Waals surface area (Å²) in [6.07, 6.45) is 5.06. The van der Waals surface area contributed by atoms with E-state index in [1.807, 2.05) is 6.92 Å². The van der Waals surface area contributed by atoms with Gasteiger partial charge in [-0.3, -0.25) is 10.1 Å². The molecule has 1 saturated carbocycles. The zero-order valence-electron chi connectivity index (χ0n) is 12.5. The summed E-state index contributed by atoms with van der Waals surface area (Å²) in [6.45, 7) is 1.89. The molecule has 0 amide bonds. The maximum absolute atomic E-state index is 11.9. The van der Waals surface area contributed by atoms with E-state index in [0.29, 0.717) is 18.2 Å². The summed E-state index contributed by atoms with van der Waals surface area (Å²) in [5, 5.41) is 3.35. The standard InChI is InChI=1S/C13H25NO4S2/c1-13(12(15)18-2,14-11-5-6-11)7-4-8-19-9-10-20(3,16)17/h11,14H,4-10H2,1-3H3. The Labute approximate surface area is 126 Å². The van der Waals surface area contributed by atoms with Crippen LogP contribution in [0.1, 0.15) is 32.6 Å². The lowest BCUT2D eigenvalue weighted by atomic mass is 9.96. The van der Waals surface area contributed by atoms with Gasteiger partial charge in [-0.2, -0.15) is 11.8 Å². The van der Waals surface area contributed by atoms with Gasteiger partial charge in [0.2, 0.25) is 0 Å². The minimum atomic E-state index is -2.87. The Morgan fingerprint density at radius 1 is 1.40 bits per heavy atom. The van der Waals surface area contributed by atoms with Crippen molar-refractivity contribution < 1.29 is 17.9 Å². The highest BCUT2D eigenvalue weighted by atomic mass is 32.2. The number of hydrogen-bond acceptors (Lipinski definition) is 6. The first-order valence-electron chi connectivity index (χ1n) is 6.88. The highest BCUT2D eigenvalue weighted by Crippen LogP contribution is 2.26. The molecule has 0 bridgehead atoms. The molecule has 1 atom stereocenters. The Bertz CT molecular complexity index is 420. The molecule has 1 rings (SSSR count). The molecule has 118 valence electrons. The summed E-state index contributed by atoms with van der Waals surface area (Å²) in [5.41, 5.74) is -0.618. The minimum Gasteiger partial charge on any atom is -0.468 e. The Morgan fingerprint density at radius 2 is 2.05 bits per heavy atom. The lowest BCUT2D eigenvalue weighted by molar-refractivity contribution is -0.148. The van der Waals surface area contributed by atoms with Crippen LogP contribution in [0.4, 0.5) is 0 Å². The van der Waals surface area contributed by atoms with Crippen LogP contribution in [0.3, 0.4) is 0 Å². The second-order valence-electron chi connectivity index (χ2n) is 5.59. The van der Waals surface area contributed by atoms with Gasteiger partial charge in [0.05, 0.1) is 12.9 Å². The van der Waals surface area contributed by atoms with Crippen molar-refractivity contribution in [1.29, 1.82) is 0 Å². The largest absolute Gasteiger partial charge is 0.468 e. The number of carbonyl (C=O) groups is 1. The van der Waals surface area contributed by atoms with Crippen molar-refractivity contribution in [3.63, 3.8) is 0 Å². The number of nitrogens with one attached hydrogen (secondary N) is 1. The molecule has 5 nitrogen and oxygen atoms in total. The van der Waals surface area contributed by atoms with E-state index in [1.165, 1.54) is 13.4 Å². The van der Waals surface area contributed by atoms with Gasteiger partial charge in [-0.05, 0) is 38.4 Å². The van der Waals surface area contributed by atoms with Gasteiger partial charge >= 0.3 is 5.97 Å². The molecule has 0 radical (unpaired) electrons. The van der Waals surface area contributed by atoms with Crippen molar-refractivity contribution >= 4 is 27.6 Å². The molecule has 0 saturated heterocycles. The Hall–Kier alpha value is -0.270. The first kappa shape index (κ1) is 17.8. The number of carbonyl (C=O) groups excluding carboxylic acids is 1. The number of rotatable bonds is 10. The maximum Gasteiger partial charge on any atom is 0.325 e. The Balaban J connectivity index is 2.26. The van der Waals surface area contributed by atoms with E-state index in [0.717, 1.165) is 25.0 Å². The van der Waals surface area contributed by atoms with Gasteiger partial charge in [-0.15, -0.1) is 0 Å². The number of ether oxygens (including phenoxy) is 1. The molecule has 0 aliphatic heterocycles. The van der Waals surface area contributed by atoms with Crippen LogP contribution in [0.2, 0.25) is 0 Å². The first-order valence-corrected chi connectivity index (χ1v) is 10.1. The van der Waals surface area contributed by atoms with Crippen LogP contribution < -0.4 is 5.32 Å². The van der Waals surface area contributed by atoms with Crippen molar-refractivity contribution in [2.45, 2.75) is 44.2 Å². The Kier molecular flexibility index (Phi) is 6.81. The molecule has 1 aliphatic rings. The van der Waals surface area contributed by atoms with Crippen LogP contribution in [-0.2, 0) is 19.4 Å². The Morgan fingerprint density at radius 3 is 2.55 bits per heavy atom. The van der Waals surface area contributed by atoms with Gasteiger partial charge in [0.1, 0.15) is 15.4 Å². The third-order valence-electron chi connectivity index (χ3n) is 3.30. The summed E-state index contributed by atoms with van der Waals surface area (Å²) >= 11 is 1.62. The summed E-state index contributed by atoms with van der Waals surface area (Å²) in [7, 11) is -1.46. The second-order valence-corrected chi connectivity index (χ2v) is 9.07. The number of methoxy groups -OCH3 is 1. The van der Waals surface area contributed by atoms with Crippen molar-refractivity contribution in [3.8, 4) is 0 Å². The van der Waals surface area contributed by atoms with E-state index in [-0.39, 0.29) is 11.7 Å². The van der Waals surface area contributed by atoms with E-state index < -0.39 is 15.4 Å². The van der Waals surface area contributed by atoms with Gasteiger partial charge in [0.25, 0.3) is 0 Å². The predicted octanol–water partition coefficient (Wildman–Crippen LogP) is 1.23. The molecule has 1 unspecified atom stereocenters. The molecular weight excluding hydrogens is 298 g/mol. The van der Waals surface area contributed by atoms with Crippen molar-refractivity contribution in [2.24, 2.45) is 0 Å². The minimum absolute atomic E-state index is 0.215. The van der Waals surface area contributed by atoms with Crippen molar-refractivity contribution in [1.82, 2.24) is 5.32 Å². The molecular formula is C13H25NO4S2. The third-order valence-corrected chi connectivity index (χ3v) is 5.57. The molecule has 7 heteroatoms. The molecule has 1 fully saturated rings. The normalized spacial score (nSPS) is 18.6. The quantitative estimate of drug-likeness (QED) is 0.481. The van der Waals surface area contributed by atoms with Crippen molar-refractivity contribution in [3.05, 3.63) is 0 Å². The van der Waals surface area contributed by atoms with Crippen LogP contribution in [0.25, 0.3) is 0 Å². The summed E-state index contributed by atoms with van der Waals surface area (Å²) in [6, 6.07) is 0.442. The first-order chi connectivity index (χ1) is 9.27. The van der Waals surface area contributed by atoms with Crippen LogP contribution in [-0.4, -0.2) is 56.6 Å². The smallest absolute Gasteiger partial charge is 0.325 e. The van der Waals surface area contributed by atoms with Gasteiger partial charge in [0.15, 0.2) is 0 Å². The molecule has 0 heterocycles. The van der Waals surface area contributed by atoms with Gasteiger partial charge in [0, 0.05) is 18.1 Å². The number of sulfone groups is 1. The van der Waals surface area contributed by atoms with E-state index in [1.54, 1.807) is 11.8 Å². The van der Waals surface area contributed by atoms with Crippen LogP contribution in [0, 0.1) is 0 Å². The topological polar surface area (TPSA) is 72.5 Å². The number of hydrogen-bond donors (Lipinski definition) is 1. The monoisotopic (exact) mass is 323 g/mol. The van der Waals surface area contributed by atoms with Gasteiger partial charge in [-0.1, -0.05) is 0 Å². The summed E-state index contributed by atoms with van der Waals surface area (Å²) in [5.74, 6) is 1.47. The SMILES string of the molecule is COC(=O)C(C)(CCCSCCS(C)(=O)=O)NC1CC1. The molecule has 0 aromatic rings. The van der Waals surface area contributed by atoms with Gasteiger partial charge in [-0.25, -0.2) is 8.42 Å². The lowest BCUT2D eigenvalue weighted by Crippen LogP contribution is -2.51. The molecule has 0 aromatic heterocycles. The average Bonchev–Trinajstić information content (AvgIpc) is 3.15. The van der Waals surface area contributed by atoms with Crippen LogP contribution in [0.15, 0.2) is 0 Å². The fraction of sp³-hybridized carbons (Fsp3) is 0.923. The fourth-order valence-corrected chi connectivity index (χ4v) is 4.21. The number of thioether (sulfide) groups is 1. The molecule has 1 aliphatic carbocycles. The summed E-state index contributed by atoms with van der Waals surface area (Å²) in [4.78, 5) is 11.9. The van der Waals surface area contributed by atoms with Crippen LogP contribution >= 0.6 is 11.8 Å². The third kappa shape index (κ3) is 6.95. The zero-order chi connectivity index (χ0) is 15.2. The zero-order valence-corrected chi connectivity index (χ0v) is 14.1. The average molecular weight is 323 g/mol. The van der Waals surface area contributed by atoms with Gasteiger partial charge < -0.3 is 4.74 Å². The fourth-order valence-electron chi connectivity index (χ4n) is 1.98. The highest BCUT2D eigenvalue weighted by molar-refractivity contribution is 8.00. The van der Waals surface area contributed by atoms with Crippen molar-refractivity contribution in [2.75, 3.05) is 30.6 Å². The van der Waals surface area contributed by atoms with Crippen LogP contribution in [0.5, 0.6) is 0 Å². The molecule has 1 N–H and O–H groups in total. The maximum atomic E-state index is 11.9. The molecule has 0 aromatic carbocycles. The van der Waals surface area contributed by atoms with E-state index in [4.69, 9.17) is 4.74 Å². The lowest BCUT2D eigenvalue weighted by Gasteiger charge is -2.28. The highest BCUT2D eigenvalue weighted by Gasteiger charge is 2.38. The van der Waals surface area contributed by atoms with E-state index in [2.05, 4.69) is 5.32 Å². The number of esters is 1. The summed E-state index contributed by atoms with van der Waals surface area (Å²) < 4.78 is 26.9. The van der Waals surface area contributed by atoms with E-state index in [9.17, 15) is 13.2 Å². The second kappa shape index (κ2) is 7.66. The predicted molar refractivity (Wildman–Crippen MR) is 82.8 cm³/mol. The molecule has 20 heavy (non-hydrogen) atoms. The molecule has 0 spiro atoms.